The molecule has 0 radical (unpaired) electrons. The number of rotatable bonds is 6. The minimum Gasteiger partial charge on any atom is -0.394 e. The highest BCUT2D eigenvalue weighted by Gasteiger charge is 2.24. The quantitative estimate of drug-likeness (QED) is 0.689. The van der Waals surface area contributed by atoms with Gasteiger partial charge in [-0.1, -0.05) is 19.3 Å². The lowest BCUT2D eigenvalue weighted by atomic mass is 9.87. The molecule has 5 heteroatoms. The Labute approximate surface area is 121 Å². The fraction of sp³-hybridized carbons (Fsp3) is 0.867. The zero-order chi connectivity index (χ0) is 15.2. The summed E-state index contributed by atoms with van der Waals surface area (Å²) in [6.45, 7) is 5.01. The van der Waals surface area contributed by atoms with Crippen LogP contribution in [-0.2, 0) is 9.59 Å². The zero-order valence-corrected chi connectivity index (χ0v) is 12.9. The monoisotopic (exact) mass is 284 g/mol. The van der Waals surface area contributed by atoms with Crippen LogP contribution in [0, 0.1) is 5.92 Å². The van der Waals surface area contributed by atoms with Crippen molar-refractivity contribution in [1.29, 1.82) is 0 Å². The first kappa shape index (κ1) is 17.0. The van der Waals surface area contributed by atoms with Crippen LogP contribution < -0.4 is 10.6 Å². The number of aliphatic hydroxyl groups is 1. The van der Waals surface area contributed by atoms with Crippen LogP contribution in [0.4, 0.5) is 0 Å². The molecule has 20 heavy (non-hydrogen) atoms. The number of hydrogen-bond donors (Lipinski definition) is 3. The predicted octanol–water partition coefficient (Wildman–Crippen LogP) is 1.35. The van der Waals surface area contributed by atoms with Crippen LogP contribution in [0.3, 0.4) is 0 Å². The van der Waals surface area contributed by atoms with E-state index in [2.05, 4.69) is 10.6 Å². The maximum atomic E-state index is 11.9. The maximum absolute atomic E-state index is 11.9. The van der Waals surface area contributed by atoms with Gasteiger partial charge in [0.05, 0.1) is 12.1 Å². The second kappa shape index (κ2) is 7.62. The molecule has 3 N–H and O–H groups in total. The Bertz CT molecular complexity index is 336. The van der Waals surface area contributed by atoms with Crippen LogP contribution in [0.2, 0.25) is 0 Å². The molecule has 1 unspecified atom stereocenters. The lowest BCUT2D eigenvalue weighted by Crippen LogP contribution is -2.53. The Kier molecular flexibility index (Phi) is 6.46. The molecule has 1 aliphatic carbocycles. The van der Waals surface area contributed by atoms with Crippen LogP contribution >= 0.6 is 0 Å². The second-order valence-corrected chi connectivity index (χ2v) is 6.53. The summed E-state index contributed by atoms with van der Waals surface area (Å²) in [5.74, 6) is 0.148. The molecule has 1 rings (SSSR count). The van der Waals surface area contributed by atoms with Crippen molar-refractivity contribution in [2.24, 2.45) is 5.92 Å². The minimum atomic E-state index is -0.667. The van der Waals surface area contributed by atoms with E-state index in [1.165, 1.54) is 19.3 Å². The summed E-state index contributed by atoms with van der Waals surface area (Å²) in [4.78, 5) is 23.8. The third-order valence-electron chi connectivity index (χ3n) is 3.83. The molecular formula is C15H28N2O3. The third kappa shape index (κ3) is 5.90. The van der Waals surface area contributed by atoms with Gasteiger partial charge < -0.3 is 15.7 Å². The summed E-state index contributed by atoms with van der Waals surface area (Å²) in [7, 11) is 0. The predicted molar refractivity (Wildman–Crippen MR) is 78.1 cm³/mol. The summed E-state index contributed by atoms with van der Waals surface area (Å²) in [5.41, 5.74) is -0.667. The van der Waals surface area contributed by atoms with Crippen LogP contribution in [0.25, 0.3) is 0 Å². The van der Waals surface area contributed by atoms with Gasteiger partial charge in [0, 0.05) is 6.42 Å². The average Bonchev–Trinajstić information content (AvgIpc) is 2.39. The first-order valence-corrected chi connectivity index (χ1v) is 7.56. The van der Waals surface area contributed by atoms with Gasteiger partial charge in [-0.05, 0) is 39.5 Å². The van der Waals surface area contributed by atoms with Crippen molar-refractivity contribution in [3.05, 3.63) is 0 Å². The SMILES string of the molecule is CC(NC(=O)CC1CCCCC1)C(=O)NC(C)(C)CO. The summed E-state index contributed by atoms with van der Waals surface area (Å²) in [6.07, 6.45) is 6.43. The van der Waals surface area contributed by atoms with Gasteiger partial charge in [0.2, 0.25) is 11.8 Å². The molecule has 1 aliphatic rings. The van der Waals surface area contributed by atoms with E-state index < -0.39 is 11.6 Å². The number of hydrogen-bond acceptors (Lipinski definition) is 3. The molecule has 0 aromatic rings. The largest absolute Gasteiger partial charge is 0.394 e. The van der Waals surface area contributed by atoms with Crippen LogP contribution in [0.5, 0.6) is 0 Å². The van der Waals surface area contributed by atoms with Crippen molar-refractivity contribution in [2.75, 3.05) is 6.61 Å². The molecule has 5 nitrogen and oxygen atoms in total. The molecular weight excluding hydrogens is 256 g/mol. The van der Waals surface area contributed by atoms with Gasteiger partial charge in [-0.15, -0.1) is 0 Å². The smallest absolute Gasteiger partial charge is 0.242 e. The number of carbonyl (C=O) groups is 2. The Morgan fingerprint density at radius 1 is 1.25 bits per heavy atom. The van der Waals surface area contributed by atoms with Crippen molar-refractivity contribution >= 4 is 11.8 Å². The molecule has 0 saturated heterocycles. The molecule has 1 saturated carbocycles. The van der Waals surface area contributed by atoms with Gasteiger partial charge in [-0.3, -0.25) is 9.59 Å². The standard InChI is InChI=1S/C15H28N2O3/c1-11(14(20)17-15(2,3)10-18)16-13(19)9-12-7-5-4-6-8-12/h11-12,18H,4-10H2,1-3H3,(H,16,19)(H,17,20). The zero-order valence-electron chi connectivity index (χ0n) is 12.9. The van der Waals surface area contributed by atoms with Gasteiger partial charge in [-0.2, -0.15) is 0 Å². The number of nitrogens with one attached hydrogen (secondary N) is 2. The fourth-order valence-corrected chi connectivity index (χ4v) is 2.50. The number of aliphatic hydroxyl groups excluding tert-OH is 1. The summed E-state index contributed by atoms with van der Waals surface area (Å²) in [6, 6.07) is -0.572. The van der Waals surface area contributed by atoms with Crippen LogP contribution in [-0.4, -0.2) is 35.1 Å². The summed E-state index contributed by atoms with van der Waals surface area (Å²) >= 11 is 0. The first-order chi connectivity index (χ1) is 9.34. The van der Waals surface area contributed by atoms with Crippen molar-refractivity contribution in [2.45, 2.75) is 70.9 Å². The van der Waals surface area contributed by atoms with Crippen molar-refractivity contribution < 1.29 is 14.7 Å². The van der Waals surface area contributed by atoms with E-state index >= 15 is 0 Å². The highest BCUT2D eigenvalue weighted by molar-refractivity contribution is 5.87. The molecule has 0 aliphatic heterocycles. The molecule has 0 aromatic heterocycles. The van der Waals surface area contributed by atoms with E-state index in [1.807, 2.05) is 0 Å². The molecule has 0 bridgehead atoms. The normalized spacial score (nSPS) is 18.4. The maximum Gasteiger partial charge on any atom is 0.242 e. The molecule has 2 amide bonds. The van der Waals surface area contributed by atoms with Gasteiger partial charge in [-0.25, -0.2) is 0 Å². The van der Waals surface area contributed by atoms with E-state index in [9.17, 15) is 9.59 Å². The Morgan fingerprint density at radius 3 is 2.40 bits per heavy atom. The fourth-order valence-electron chi connectivity index (χ4n) is 2.50. The number of carbonyl (C=O) groups excluding carboxylic acids is 2. The molecule has 1 atom stereocenters. The van der Waals surface area contributed by atoms with E-state index in [0.29, 0.717) is 12.3 Å². The molecule has 0 spiro atoms. The minimum absolute atomic E-state index is 0.0543. The molecule has 116 valence electrons. The summed E-state index contributed by atoms with van der Waals surface area (Å²) in [5, 5.41) is 14.6. The first-order valence-electron chi connectivity index (χ1n) is 7.56. The molecule has 1 fully saturated rings. The van der Waals surface area contributed by atoms with E-state index in [1.54, 1.807) is 20.8 Å². The highest BCUT2D eigenvalue weighted by Crippen LogP contribution is 2.26. The van der Waals surface area contributed by atoms with Gasteiger partial charge in [0.25, 0.3) is 0 Å². The van der Waals surface area contributed by atoms with Crippen molar-refractivity contribution in [1.82, 2.24) is 10.6 Å². The topological polar surface area (TPSA) is 78.4 Å². The second-order valence-electron chi connectivity index (χ2n) is 6.53. The van der Waals surface area contributed by atoms with E-state index in [0.717, 1.165) is 12.8 Å². The lowest BCUT2D eigenvalue weighted by molar-refractivity contribution is -0.130. The van der Waals surface area contributed by atoms with Gasteiger partial charge in [0.1, 0.15) is 6.04 Å². The van der Waals surface area contributed by atoms with Crippen molar-refractivity contribution in [3.63, 3.8) is 0 Å². The average molecular weight is 284 g/mol. The Balaban J connectivity index is 2.34. The van der Waals surface area contributed by atoms with Crippen LogP contribution in [0.1, 0.15) is 59.3 Å². The van der Waals surface area contributed by atoms with Gasteiger partial charge >= 0.3 is 0 Å². The van der Waals surface area contributed by atoms with Crippen LogP contribution in [0.15, 0.2) is 0 Å². The Morgan fingerprint density at radius 2 is 1.85 bits per heavy atom. The Hall–Kier alpha value is -1.10. The lowest BCUT2D eigenvalue weighted by Gasteiger charge is -2.26. The number of amides is 2. The molecule has 0 heterocycles. The third-order valence-corrected chi connectivity index (χ3v) is 3.83. The summed E-state index contributed by atoms with van der Waals surface area (Å²) < 4.78 is 0. The van der Waals surface area contributed by atoms with E-state index in [-0.39, 0.29) is 18.4 Å². The van der Waals surface area contributed by atoms with Gasteiger partial charge in [0.15, 0.2) is 0 Å². The highest BCUT2D eigenvalue weighted by atomic mass is 16.3. The van der Waals surface area contributed by atoms with E-state index in [4.69, 9.17) is 5.11 Å². The van der Waals surface area contributed by atoms with Crippen molar-refractivity contribution in [3.8, 4) is 0 Å². The molecule has 0 aromatic carbocycles.